The van der Waals surface area contributed by atoms with E-state index >= 15 is 0 Å². The minimum atomic E-state index is -0.119. The average molecular weight is 314 g/mol. The maximum Gasteiger partial charge on any atom is 0.331 e. The first kappa shape index (κ1) is 12.7. The van der Waals surface area contributed by atoms with Crippen LogP contribution in [-0.2, 0) is 9.53 Å². The van der Waals surface area contributed by atoms with Crippen molar-refractivity contribution in [3.63, 3.8) is 0 Å². The highest BCUT2D eigenvalue weighted by Crippen LogP contribution is 2.42. The van der Waals surface area contributed by atoms with Gasteiger partial charge in [-0.25, -0.2) is 4.79 Å². The van der Waals surface area contributed by atoms with Crippen LogP contribution in [0, 0.1) is 11.8 Å². The van der Waals surface area contributed by atoms with E-state index in [1.807, 2.05) is 0 Å². The summed E-state index contributed by atoms with van der Waals surface area (Å²) in [7, 11) is 0. The van der Waals surface area contributed by atoms with Gasteiger partial charge in [0.25, 0.3) is 0 Å². The van der Waals surface area contributed by atoms with Crippen LogP contribution in [0.15, 0.2) is 11.6 Å². The molecule has 100 valence electrons. The molecule has 3 rings (SSSR count). The van der Waals surface area contributed by atoms with Gasteiger partial charge < -0.3 is 10.1 Å². The molecule has 0 amide bonds. The highest BCUT2D eigenvalue weighted by Gasteiger charge is 2.39. The molecule has 0 spiro atoms. The van der Waals surface area contributed by atoms with E-state index in [2.05, 4.69) is 21.2 Å². The van der Waals surface area contributed by atoms with Gasteiger partial charge in [0.2, 0.25) is 0 Å². The molecule has 3 unspecified atom stereocenters. The lowest BCUT2D eigenvalue weighted by Crippen LogP contribution is -2.41. The molecular weight excluding hydrogens is 294 g/mol. The first-order valence-corrected chi connectivity index (χ1v) is 7.92. The number of alkyl halides is 1. The number of hydrogen-bond donors (Lipinski definition) is 1. The van der Waals surface area contributed by atoms with Crippen LogP contribution in [0.1, 0.15) is 32.1 Å². The molecule has 1 N–H and O–H groups in total. The Bertz CT molecular complexity index is 363. The SMILES string of the molecule is O=C1C=C(C2CCNCC2)C2CCC(Br)CC2O1. The molecule has 1 saturated heterocycles. The Labute approximate surface area is 116 Å². The fourth-order valence-corrected chi connectivity index (χ4v) is 4.23. The Balaban J connectivity index is 1.80. The number of rotatable bonds is 1. The van der Waals surface area contributed by atoms with E-state index in [4.69, 9.17) is 4.74 Å². The number of carbonyl (C=O) groups excluding carboxylic acids is 1. The quantitative estimate of drug-likeness (QED) is 0.597. The topological polar surface area (TPSA) is 38.3 Å². The largest absolute Gasteiger partial charge is 0.459 e. The molecule has 4 heteroatoms. The van der Waals surface area contributed by atoms with Gasteiger partial charge in [-0.15, -0.1) is 0 Å². The third-order valence-corrected chi connectivity index (χ3v) is 5.35. The van der Waals surface area contributed by atoms with Crippen LogP contribution in [0.25, 0.3) is 0 Å². The first-order valence-electron chi connectivity index (χ1n) is 7.01. The van der Waals surface area contributed by atoms with Gasteiger partial charge in [0.15, 0.2) is 0 Å². The summed E-state index contributed by atoms with van der Waals surface area (Å²) in [5.41, 5.74) is 1.39. The number of piperidine rings is 1. The summed E-state index contributed by atoms with van der Waals surface area (Å²) in [6, 6.07) is 0. The minimum Gasteiger partial charge on any atom is -0.459 e. The molecular formula is C14H20BrNO2. The van der Waals surface area contributed by atoms with E-state index in [1.165, 1.54) is 24.8 Å². The number of hydrogen-bond acceptors (Lipinski definition) is 3. The maximum atomic E-state index is 11.7. The van der Waals surface area contributed by atoms with Crippen LogP contribution < -0.4 is 5.32 Å². The third-order valence-electron chi connectivity index (χ3n) is 4.52. The fraction of sp³-hybridized carbons (Fsp3) is 0.786. The summed E-state index contributed by atoms with van der Waals surface area (Å²) in [4.78, 5) is 12.3. The minimum absolute atomic E-state index is 0.116. The highest BCUT2D eigenvalue weighted by atomic mass is 79.9. The molecule has 0 radical (unpaired) electrons. The van der Waals surface area contributed by atoms with Gasteiger partial charge in [0.1, 0.15) is 6.10 Å². The van der Waals surface area contributed by atoms with Crippen LogP contribution in [0.4, 0.5) is 0 Å². The number of carbonyl (C=O) groups is 1. The standard InChI is InChI=1S/C14H20BrNO2/c15-10-1-2-11-12(9-3-5-16-6-4-9)8-14(17)18-13(11)7-10/h8-11,13,16H,1-7H2. The van der Waals surface area contributed by atoms with E-state index in [-0.39, 0.29) is 12.1 Å². The molecule has 0 aromatic rings. The molecule has 1 saturated carbocycles. The molecule has 0 bridgehead atoms. The predicted molar refractivity (Wildman–Crippen MR) is 73.6 cm³/mol. The molecule has 0 aromatic carbocycles. The molecule has 3 aliphatic rings. The second kappa shape index (κ2) is 5.33. The van der Waals surface area contributed by atoms with Crippen LogP contribution in [0.3, 0.4) is 0 Å². The zero-order valence-electron chi connectivity index (χ0n) is 10.5. The van der Waals surface area contributed by atoms with Crippen molar-refractivity contribution >= 4 is 21.9 Å². The van der Waals surface area contributed by atoms with Gasteiger partial charge in [-0.3, -0.25) is 0 Å². The summed E-state index contributed by atoms with van der Waals surface area (Å²) in [6.45, 7) is 2.16. The number of halogens is 1. The molecule has 2 fully saturated rings. The van der Waals surface area contributed by atoms with Crippen LogP contribution in [0.5, 0.6) is 0 Å². The molecule has 3 atom stereocenters. The average Bonchev–Trinajstić information content (AvgIpc) is 2.38. The van der Waals surface area contributed by atoms with Gasteiger partial charge in [-0.05, 0) is 51.1 Å². The van der Waals surface area contributed by atoms with E-state index in [9.17, 15) is 4.79 Å². The van der Waals surface area contributed by atoms with Crippen molar-refractivity contribution < 1.29 is 9.53 Å². The van der Waals surface area contributed by atoms with Crippen LogP contribution in [0.2, 0.25) is 0 Å². The van der Waals surface area contributed by atoms with Gasteiger partial charge in [0.05, 0.1) is 0 Å². The second-order valence-corrected chi connectivity index (χ2v) is 6.96. The summed E-state index contributed by atoms with van der Waals surface area (Å²) in [5.74, 6) is 0.962. The lowest BCUT2D eigenvalue weighted by Gasteiger charge is -2.41. The number of nitrogens with one attached hydrogen (secondary N) is 1. The normalized spacial score (nSPS) is 37.7. The summed E-state index contributed by atoms with van der Waals surface area (Å²) < 4.78 is 5.52. The van der Waals surface area contributed by atoms with E-state index < -0.39 is 0 Å². The molecule has 3 nitrogen and oxygen atoms in total. The number of esters is 1. The Hall–Kier alpha value is -0.350. The van der Waals surface area contributed by atoms with Gasteiger partial charge in [0, 0.05) is 16.8 Å². The van der Waals surface area contributed by atoms with Crippen molar-refractivity contribution in [3.8, 4) is 0 Å². The number of ether oxygens (including phenoxy) is 1. The first-order chi connectivity index (χ1) is 8.74. The molecule has 18 heavy (non-hydrogen) atoms. The second-order valence-electron chi connectivity index (χ2n) is 5.66. The van der Waals surface area contributed by atoms with Gasteiger partial charge >= 0.3 is 5.97 Å². The van der Waals surface area contributed by atoms with Gasteiger partial charge in [-0.2, -0.15) is 0 Å². The zero-order chi connectivity index (χ0) is 12.5. The van der Waals surface area contributed by atoms with Crippen molar-refractivity contribution in [1.29, 1.82) is 0 Å². The van der Waals surface area contributed by atoms with E-state index in [0.717, 1.165) is 25.9 Å². The predicted octanol–water partition coefficient (Wildman–Crippen LogP) is 2.40. The summed E-state index contributed by atoms with van der Waals surface area (Å²) in [5, 5.41) is 3.39. The van der Waals surface area contributed by atoms with Crippen molar-refractivity contribution in [3.05, 3.63) is 11.6 Å². The van der Waals surface area contributed by atoms with Crippen molar-refractivity contribution in [2.24, 2.45) is 11.8 Å². The molecule has 0 aromatic heterocycles. The van der Waals surface area contributed by atoms with Gasteiger partial charge in [-0.1, -0.05) is 21.5 Å². The monoisotopic (exact) mass is 313 g/mol. The van der Waals surface area contributed by atoms with Crippen LogP contribution >= 0.6 is 15.9 Å². The van der Waals surface area contributed by atoms with E-state index in [0.29, 0.717) is 16.7 Å². The Morgan fingerprint density at radius 3 is 2.78 bits per heavy atom. The zero-order valence-corrected chi connectivity index (χ0v) is 12.1. The lowest BCUT2D eigenvalue weighted by atomic mass is 9.73. The Morgan fingerprint density at radius 1 is 1.22 bits per heavy atom. The van der Waals surface area contributed by atoms with Crippen LogP contribution in [-0.4, -0.2) is 30.0 Å². The molecule has 2 heterocycles. The fourth-order valence-electron chi connectivity index (χ4n) is 3.59. The maximum absolute atomic E-state index is 11.7. The third kappa shape index (κ3) is 2.50. The molecule has 1 aliphatic carbocycles. The Kier molecular flexibility index (Phi) is 3.76. The highest BCUT2D eigenvalue weighted by molar-refractivity contribution is 9.09. The van der Waals surface area contributed by atoms with Crippen molar-refractivity contribution in [1.82, 2.24) is 5.32 Å². The summed E-state index contributed by atoms with van der Waals surface area (Å²) in [6.07, 6.45) is 7.57. The van der Waals surface area contributed by atoms with E-state index in [1.54, 1.807) is 6.08 Å². The lowest BCUT2D eigenvalue weighted by molar-refractivity contribution is -0.148. The molecule has 2 aliphatic heterocycles. The number of fused-ring (bicyclic) bond motifs is 1. The smallest absolute Gasteiger partial charge is 0.331 e. The Morgan fingerprint density at radius 2 is 2.00 bits per heavy atom. The summed E-state index contributed by atoms with van der Waals surface area (Å²) >= 11 is 3.67. The van der Waals surface area contributed by atoms with Crippen molar-refractivity contribution in [2.75, 3.05) is 13.1 Å². The van der Waals surface area contributed by atoms with Crippen molar-refractivity contribution in [2.45, 2.75) is 43.0 Å².